The number of benzene rings is 2. The third kappa shape index (κ3) is 15.5. The molecule has 21 heteroatoms. The van der Waals surface area contributed by atoms with Gasteiger partial charge in [-0.25, -0.2) is 0 Å². The minimum atomic E-state index is -1.60. The van der Waals surface area contributed by atoms with E-state index in [1.54, 1.807) is 30.3 Å². The van der Waals surface area contributed by atoms with Gasteiger partial charge in [0.05, 0.1) is 6.42 Å². The standard InChI is InChI=1S/C48H68N12O9/c1-3-4-18-34-46(68)60-26-13-21-38(60)47(69)59-25-12-20-37(59)45(67)55-32(19-11-24-52-48(50)51)41(63)57-35(27-31-16-9-6-10-17-31)44(66)54-33(23-22-30-14-7-5-8-15-30)42(64)58-36(28-39(49)61)43(65)53-29(2)40(62)56-34/h5-10,14-17,29,32-38H,3-4,11-13,18-28H2,1-2H3,(H2,49,61)(H,53,65)(H,54,66)(H,55,67)(H,56,62)(H,57,63)(H,58,64)(H4,50,51,52)/t29-,32-,33-,34-,35-,36-,37-,38+/m0/s1. The summed E-state index contributed by atoms with van der Waals surface area (Å²) in [7, 11) is 0. The lowest BCUT2D eigenvalue weighted by Gasteiger charge is -2.33. The van der Waals surface area contributed by atoms with Crippen molar-refractivity contribution in [3.8, 4) is 0 Å². The second kappa shape index (κ2) is 25.9. The van der Waals surface area contributed by atoms with Crippen LogP contribution in [0.5, 0.6) is 0 Å². The number of nitrogens with zero attached hydrogens (tertiary/aromatic N) is 3. The van der Waals surface area contributed by atoms with E-state index in [2.05, 4.69) is 36.9 Å². The molecule has 21 nitrogen and oxygen atoms in total. The molecule has 0 aromatic heterocycles. The molecule has 3 saturated heterocycles. The number of hydrogen-bond donors (Lipinski definition) is 9. The van der Waals surface area contributed by atoms with Crippen LogP contribution in [0, 0.1) is 0 Å². The maximum Gasteiger partial charge on any atom is 0.246 e. The molecule has 5 rings (SSSR count). The van der Waals surface area contributed by atoms with Gasteiger partial charge < -0.3 is 58.9 Å². The summed E-state index contributed by atoms with van der Waals surface area (Å²) in [5.41, 5.74) is 18.1. The van der Waals surface area contributed by atoms with Crippen molar-refractivity contribution in [1.29, 1.82) is 0 Å². The largest absolute Gasteiger partial charge is 0.370 e. The lowest BCUT2D eigenvalue weighted by molar-refractivity contribution is -0.148. The Hall–Kier alpha value is -7.06. The SMILES string of the molecule is CCCC[C@@H]1NC(=O)[C@H](C)NC(=O)[C@H](CC(N)=O)NC(=O)[C@H](CCc2ccccc2)NC(=O)[C@H](Cc2ccccc2)NC(=O)[C@H](CCCN=C(N)N)NC(=O)[C@@H]2CCCN2C(=O)[C@H]2CCCN2C1=O. The molecule has 2 aromatic carbocycles. The zero-order chi connectivity index (χ0) is 50.0. The molecule has 374 valence electrons. The highest BCUT2D eigenvalue weighted by Gasteiger charge is 2.44. The van der Waals surface area contributed by atoms with E-state index in [0.717, 1.165) is 5.56 Å². The third-order valence-corrected chi connectivity index (χ3v) is 12.6. The van der Waals surface area contributed by atoms with Crippen LogP contribution >= 0.6 is 0 Å². The van der Waals surface area contributed by atoms with Crippen molar-refractivity contribution in [3.05, 3.63) is 71.8 Å². The summed E-state index contributed by atoms with van der Waals surface area (Å²) in [6.07, 6.45) is 2.83. The smallest absolute Gasteiger partial charge is 0.246 e. The summed E-state index contributed by atoms with van der Waals surface area (Å²) in [5.74, 6) is -6.69. The molecule has 3 fully saturated rings. The van der Waals surface area contributed by atoms with Gasteiger partial charge in [-0.1, -0.05) is 80.4 Å². The Morgan fingerprint density at radius 3 is 1.71 bits per heavy atom. The lowest BCUT2D eigenvalue weighted by Crippen LogP contribution is -2.61. The molecule has 0 radical (unpaired) electrons. The van der Waals surface area contributed by atoms with E-state index in [1.165, 1.54) is 16.7 Å². The number of amides is 9. The molecule has 69 heavy (non-hydrogen) atoms. The monoisotopic (exact) mass is 957 g/mol. The van der Waals surface area contributed by atoms with Crippen LogP contribution in [-0.4, -0.2) is 137 Å². The number of guanidine groups is 1. The number of aryl methyl sites for hydroxylation is 1. The predicted octanol–water partition coefficient (Wildman–Crippen LogP) is -1.09. The molecule has 0 saturated carbocycles. The van der Waals surface area contributed by atoms with Crippen molar-refractivity contribution in [2.24, 2.45) is 22.2 Å². The van der Waals surface area contributed by atoms with E-state index in [1.807, 2.05) is 37.3 Å². The van der Waals surface area contributed by atoms with Crippen molar-refractivity contribution < 1.29 is 43.2 Å². The Morgan fingerprint density at radius 1 is 0.580 bits per heavy atom. The molecule has 0 spiro atoms. The Bertz CT molecular complexity index is 2170. The molecule has 8 atom stereocenters. The lowest BCUT2D eigenvalue weighted by atomic mass is 10.0. The Morgan fingerprint density at radius 2 is 1.09 bits per heavy atom. The second-order valence-electron chi connectivity index (χ2n) is 17.9. The molecule has 0 bridgehead atoms. The number of aliphatic imine (C=N–C) groups is 1. The van der Waals surface area contributed by atoms with Crippen LogP contribution in [0.4, 0.5) is 0 Å². The second-order valence-corrected chi connectivity index (χ2v) is 17.9. The van der Waals surface area contributed by atoms with E-state index in [-0.39, 0.29) is 70.5 Å². The van der Waals surface area contributed by atoms with Crippen molar-refractivity contribution in [3.63, 3.8) is 0 Å². The first kappa shape index (κ1) is 52.9. The van der Waals surface area contributed by atoms with Crippen molar-refractivity contribution in [2.75, 3.05) is 19.6 Å². The molecular formula is C48H68N12O9. The topological polar surface area (TPSA) is 323 Å². The molecule has 3 aliphatic heterocycles. The fourth-order valence-electron chi connectivity index (χ4n) is 8.88. The quantitative estimate of drug-likeness (QED) is 0.0622. The first-order valence-corrected chi connectivity index (χ1v) is 23.9. The average molecular weight is 957 g/mol. The number of nitrogens with one attached hydrogen (secondary N) is 6. The molecule has 9 amide bonds. The van der Waals surface area contributed by atoms with Crippen LogP contribution in [-0.2, 0) is 56.0 Å². The average Bonchev–Trinajstić information content (AvgIpc) is 4.03. The Balaban J connectivity index is 1.55. The number of hydrogen-bond acceptors (Lipinski definition) is 10. The van der Waals surface area contributed by atoms with Gasteiger partial charge in [0.1, 0.15) is 48.3 Å². The third-order valence-electron chi connectivity index (χ3n) is 12.6. The minimum Gasteiger partial charge on any atom is -0.370 e. The van der Waals surface area contributed by atoms with Crippen LogP contribution in [0.2, 0.25) is 0 Å². The Labute approximate surface area is 402 Å². The number of primary amides is 1. The number of fused-ring (bicyclic) bond motifs is 2. The molecular weight excluding hydrogens is 889 g/mol. The van der Waals surface area contributed by atoms with Crippen LogP contribution < -0.4 is 49.1 Å². The van der Waals surface area contributed by atoms with Gasteiger partial charge in [0.15, 0.2) is 5.96 Å². The highest BCUT2D eigenvalue weighted by molar-refractivity contribution is 6.00. The molecule has 3 heterocycles. The number of nitrogens with two attached hydrogens (primary N) is 3. The summed E-state index contributed by atoms with van der Waals surface area (Å²) >= 11 is 0. The van der Waals surface area contributed by atoms with Gasteiger partial charge in [0, 0.05) is 26.1 Å². The highest BCUT2D eigenvalue weighted by atomic mass is 16.2. The van der Waals surface area contributed by atoms with Crippen molar-refractivity contribution >= 4 is 59.1 Å². The highest BCUT2D eigenvalue weighted by Crippen LogP contribution is 2.26. The van der Waals surface area contributed by atoms with Crippen molar-refractivity contribution in [1.82, 2.24) is 41.7 Å². The molecule has 3 aliphatic rings. The normalized spacial score (nSPS) is 25.7. The zero-order valence-electron chi connectivity index (χ0n) is 39.5. The van der Waals surface area contributed by atoms with Gasteiger partial charge in [0.2, 0.25) is 53.2 Å². The van der Waals surface area contributed by atoms with Crippen LogP contribution in [0.3, 0.4) is 0 Å². The molecule has 12 N–H and O–H groups in total. The summed E-state index contributed by atoms with van der Waals surface area (Å²) in [6, 6.07) is 8.12. The van der Waals surface area contributed by atoms with E-state index < -0.39 is 108 Å². The summed E-state index contributed by atoms with van der Waals surface area (Å²) < 4.78 is 0. The Kier molecular flexibility index (Phi) is 19.9. The molecule has 0 aliphatic carbocycles. The van der Waals surface area contributed by atoms with E-state index in [9.17, 15) is 43.2 Å². The summed E-state index contributed by atoms with van der Waals surface area (Å²) in [5, 5.41) is 16.2. The number of carbonyl (C=O) groups is 9. The van der Waals surface area contributed by atoms with Crippen LogP contribution in [0.25, 0.3) is 0 Å². The summed E-state index contributed by atoms with van der Waals surface area (Å²) in [4.78, 5) is 133. The van der Waals surface area contributed by atoms with Gasteiger partial charge in [0.25, 0.3) is 0 Å². The maximum atomic E-state index is 14.5. The van der Waals surface area contributed by atoms with Gasteiger partial charge in [-0.05, 0) is 75.8 Å². The number of rotatable bonds is 14. The first-order valence-electron chi connectivity index (χ1n) is 23.9. The zero-order valence-corrected chi connectivity index (χ0v) is 39.5. The molecule has 2 aromatic rings. The van der Waals surface area contributed by atoms with Gasteiger partial charge in [-0.2, -0.15) is 0 Å². The van der Waals surface area contributed by atoms with Crippen LogP contribution in [0.15, 0.2) is 65.7 Å². The number of carbonyl (C=O) groups excluding carboxylic acids is 9. The van der Waals surface area contributed by atoms with Gasteiger partial charge >= 0.3 is 0 Å². The van der Waals surface area contributed by atoms with E-state index >= 15 is 0 Å². The predicted molar refractivity (Wildman–Crippen MR) is 255 cm³/mol. The van der Waals surface area contributed by atoms with E-state index in [0.29, 0.717) is 37.7 Å². The number of unbranched alkanes of at least 4 members (excludes halogenated alkanes) is 1. The van der Waals surface area contributed by atoms with Crippen molar-refractivity contribution in [2.45, 2.75) is 146 Å². The first-order chi connectivity index (χ1) is 33.1. The maximum absolute atomic E-state index is 14.5. The fourth-order valence-corrected chi connectivity index (χ4v) is 8.88. The minimum absolute atomic E-state index is 0.00242. The molecule has 0 unspecified atom stereocenters. The van der Waals surface area contributed by atoms with Gasteiger partial charge in [-0.15, -0.1) is 0 Å². The van der Waals surface area contributed by atoms with E-state index in [4.69, 9.17) is 17.2 Å². The fraction of sp³-hybridized carbons (Fsp3) is 0.542. The van der Waals surface area contributed by atoms with Gasteiger partial charge in [-0.3, -0.25) is 48.1 Å². The van der Waals surface area contributed by atoms with Crippen LogP contribution in [0.1, 0.15) is 95.6 Å². The summed E-state index contributed by atoms with van der Waals surface area (Å²) in [6.45, 7) is 3.85.